The highest BCUT2D eigenvalue weighted by Crippen LogP contribution is 2.23. The maximum Gasteiger partial charge on any atom is 0.220 e. The predicted octanol–water partition coefficient (Wildman–Crippen LogP) is 9.65. The largest absolute Gasteiger partial charge is 0.393 e. The van der Waals surface area contributed by atoms with Gasteiger partial charge >= 0.3 is 0 Å². The summed E-state index contributed by atoms with van der Waals surface area (Å²) in [6.07, 6.45) is 32.3. The number of aliphatic hydroxyl groups excluding tert-OH is 2. The fourth-order valence-electron chi connectivity index (χ4n) is 6.47. The van der Waals surface area contributed by atoms with Gasteiger partial charge in [-0.05, 0) is 51.4 Å². The third-order valence-corrected chi connectivity index (χ3v) is 9.63. The lowest BCUT2D eigenvalue weighted by Crippen LogP contribution is -2.27. The van der Waals surface area contributed by atoms with E-state index in [2.05, 4.69) is 13.8 Å². The summed E-state index contributed by atoms with van der Waals surface area (Å²) in [6, 6.07) is 0. The van der Waals surface area contributed by atoms with E-state index in [-0.39, 0.29) is 35.9 Å². The van der Waals surface area contributed by atoms with Gasteiger partial charge in [-0.3, -0.25) is 9.59 Å². The molecule has 0 bridgehead atoms. The number of primary amides is 2. The number of hydrogen-bond donors (Lipinski definition) is 4. The van der Waals surface area contributed by atoms with E-state index in [9.17, 15) is 19.8 Å². The van der Waals surface area contributed by atoms with E-state index in [0.717, 1.165) is 89.9 Å². The molecule has 0 heterocycles. The molecule has 2 amide bonds. The van der Waals surface area contributed by atoms with Gasteiger partial charge in [-0.1, -0.05) is 155 Å². The third-order valence-electron chi connectivity index (χ3n) is 9.63. The van der Waals surface area contributed by atoms with E-state index in [4.69, 9.17) is 11.5 Å². The minimum Gasteiger partial charge on any atom is -0.393 e. The van der Waals surface area contributed by atoms with Gasteiger partial charge in [-0.25, -0.2) is 0 Å². The van der Waals surface area contributed by atoms with Crippen molar-refractivity contribution in [2.24, 2.45) is 23.3 Å². The van der Waals surface area contributed by atoms with Crippen LogP contribution >= 0.6 is 0 Å². The van der Waals surface area contributed by atoms with Gasteiger partial charge in [0, 0.05) is 11.8 Å². The van der Waals surface area contributed by atoms with E-state index in [0.29, 0.717) is 12.8 Å². The fraction of sp³-hybridized carbons (Fsp3) is 0.947. The molecule has 0 aromatic heterocycles. The molecule has 0 aromatic rings. The second-order valence-electron chi connectivity index (χ2n) is 13.9. The van der Waals surface area contributed by atoms with Gasteiger partial charge in [0.25, 0.3) is 0 Å². The maximum atomic E-state index is 12.1. The molecule has 0 fully saturated rings. The summed E-state index contributed by atoms with van der Waals surface area (Å²) in [5.41, 5.74) is 11.4. The first-order chi connectivity index (χ1) is 21.3. The molecule has 0 saturated carbocycles. The number of hydrogen-bond acceptors (Lipinski definition) is 4. The Bertz CT molecular complexity index is 590. The zero-order chi connectivity index (χ0) is 32.7. The van der Waals surface area contributed by atoms with Gasteiger partial charge in [0.1, 0.15) is 0 Å². The van der Waals surface area contributed by atoms with Crippen molar-refractivity contribution in [1.82, 2.24) is 0 Å². The summed E-state index contributed by atoms with van der Waals surface area (Å²) < 4.78 is 0. The normalized spacial score (nSPS) is 14.4. The second-order valence-corrected chi connectivity index (χ2v) is 13.9. The zero-order valence-corrected chi connectivity index (χ0v) is 29.4. The first kappa shape index (κ1) is 42.9. The average Bonchev–Trinajstić information content (AvgIpc) is 2.99. The van der Waals surface area contributed by atoms with Crippen molar-refractivity contribution in [3.05, 3.63) is 0 Å². The first-order valence-corrected chi connectivity index (χ1v) is 19.3. The van der Waals surface area contributed by atoms with Crippen LogP contribution in [0.15, 0.2) is 0 Å². The summed E-state index contributed by atoms with van der Waals surface area (Å²) in [5, 5.41) is 20.2. The lowest BCUT2D eigenvalue weighted by Gasteiger charge is -2.18. The van der Waals surface area contributed by atoms with Crippen LogP contribution in [-0.2, 0) is 9.59 Å². The number of unbranched alkanes of at least 4 members (excludes halogenated alkanes) is 18. The van der Waals surface area contributed by atoms with Crippen LogP contribution < -0.4 is 11.5 Å². The van der Waals surface area contributed by atoms with Crippen molar-refractivity contribution >= 4 is 11.8 Å². The molecular weight excluding hydrogens is 548 g/mol. The number of aliphatic hydroxyl groups is 2. The minimum absolute atomic E-state index is 0.122. The highest BCUT2D eigenvalue weighted by atomic mass is 16.3. The Morgan fingerprint density at radius 1 is 0.386 bits per heavy atom. The van der Waals surface area contributed by atoms with E-state index in [1.807, 2.05) is 0 Å². The quantitative estimate of drug-likeness (QED) is 0.0524. The summed E-state index contributed by atoms with van der Waals surface area (Å²) in [5.74, 6) is -0.813. The zero-order valence-electron chi connectivity index (χ0n) is 29.4. The summed E-state index contributed by atoms with van der Waals surface area (Å²) in [7, 11) is 0. The van der Waals surface area contributed by atoms with Gasteiger partial charge in [-0.15, -0.1) is 0 Å². The average molecular weight is 625 g/mol. The van der Waals surface area contributed by atoms with Crippen LogP contribution in [0.3, 0.4) is 0 Å². The van der Waals surface area contributed by atoms with Crippen LogP contribution in [0, 0.1) is 11.8 Å². The van der Waals surface area contributed by atoms with Crippen LogP contribution in [0.4, 0.5) is 0 Å². The molecule has 0 aliphatic heterocycles. The van der Waals surface area contributed by atoms with Gasteiger partial charge in [-0.2, -0.15) is 0 Å². The molecule has 6 heteroatoms. The van der Waals surface area contributed by atoms with Gasteiger partial charge in [0.15, 0.2) is 0 Å². The van der Waals surface area contributed by atoms with E-state index >= 15 is 0 Å². The molecule has 6 N–H and O–H groups in total. The topological polar surface area (TPSA) is 127 Å². The summed E-state index contributed by atoms with van der Waals surface area (Å²) >= 11 is 0. The standard InChI is InChI=1S/C38H76N2O4/c1-3-5-7-21-27-35(41)29-23-17-13-9-11-15-19-25-33(37(39)43)31-32-34(38(40)44)26-20-16-12-10-14-18-24-30-36(42)28-22-8-6-4-2/h33-36,41-42H,3-32H2,1-2H3,(H2,39,43)(H2,40,44). The molecule has 0 saturated heterocycles. The van der Waals surface area contributed by atoms with Crippen molar-refractivity contribution < 1.29 is 19.8 Å². The van der Waals surface area contributed by atoms with Crippen LogP contribution in [0.1, 0.15) is 206 Å². The maximum absolute atomic E-state index is 12.1. The van der Waals surface area contributed by atoms with Crippen molar-refractivity contribution in [2.75, 3.05) is 0 Å². The second kappa shape index (κ2) is 31.8. The molecule has 4 atom stereocenters. The Morgan fingerprint density at radius 3 is 0.864 bits per heavy atom. The molecule has 262 valence electrons. The van der Waals surface area contributed by atoms with Crippen molar-refractivity contribution in [1.29, 1.82) is 0 Å². The van der Waals surface area contributed by atoms with Gasteiger partial charge in [0.2, 0.25) is 11.8 Å². The highest BCUT2D eigenvalue weighted by Gasteiger charge is 2.21. The first-order valence-electron chi connectivity index (χ1n) is 19.3. The van der Waals surface area contributed by atoms with Crippen LogP contribution in [0.5, 0.6) is 0 Å². The van der Waals surface area contributed by atoms with Gasteiger partial charge in [0.05, 0.1) is 12.2 Å². The molecule has 0 aliphatic carbocycles. The predicted molar refractivity (Wildman–Crippen MR) is 187 cm³/mol. The SMILES string of the molecule is CCCCCCC(O)CCCCCCCCCC(CCC(CCCCCCCCCC(O)CCCCCC)C(N)=O)C(N)=O. The van der Waals surface area contributed by atoms with Crippen molar-refractivity contribution in [2.45, 2.75) is 219 Å². The summed E-state index contributed by atoms with van der Waals surface area (Å²) in [4.78, 5) is 24.1. The molecule has 0 spiro atoms. The van der Waals surface area contributed by atoms with Crippen LogP contribution in [-0.4, -0.2) is 34.2 Å². The number of carbonyl (C=O) groups excluding carboxylic acids is 2. The number of nitrogens with two attached hydrogens (primary N) is 2. The number of amides is 2. The molecule has 0 aliphatic rings. The lowest BCUT2D eigenvalue weighted by atomic mass is 9.88. The Kier molecular flexibility index (Phi) is 31.0. The smallest absolute Gasteiger partial charge is 0.220 e. The molecule has 0 radical (unpaired) electrons. The lowest BCUT2D eigenvalue weighted by molar-refractivity contribution is -0.124. The molecule has 0 aromatic carbocycles. The van der Waals surface area contributed by atoms with Crippen molar-refractivity contribution in [3.8, 4) is 0 Å². The van der Waals surface area contributed by atoms with E-state index in [1.54, 1.807) is 0 Å². The number of carbonyl (C=O) groups is 2. The highest BCUT2D eigenvalue weighted by molar-refractivity contribution is 5.78. The van der Waals surface area contributed by atoms with Crippen molar-refractivity contribution in [3.63, 3.8) is 0 Å². The van der Waals surface area contributed by atoms with E-state index in [1.165, 1.54) is 89.9 Å². The number of rotatable bonds is 35. The molecule has 6 nitrogen and oxygen atoms in total. The molecule has 0 rings (SSSR count). The minimum atomic E-state index is -0.245. The van der Waals surface area contributed by atoms with Crippen LogP contribution in [0.25, 0.3) is 0 Å². The molecule has 44 heavy (non-hydrogen) atoms. The summed E-state index contributed by atoms with van der Waals surface area (Å²) in [6.45, 7) is 4.43. The monoisotopic (exact) mass is 625 g/mol. The Balaban J connectivity index is 3.86. The Morgan fingerprint density at radius 2 is 0.614 bits per heavy atom. The molecule has 4 unspecified atom stereocenters. The Hall–Kier alpha value is -1.14. The Labute approximate surface area is 273 Å². The van der Waals surface area contributed by atoms with Gasteiger partial charge < -0.3 is 21.7 Å². The fourth-order valence-corrected chi connectivity index (χ4v) is 6.47. The van der Waals surface area contributed by atoms with Crippen LogP contribution in [0.2, 0.25) is 0 Å². The third kappa shape index (κ3) is 28.3. The molecular formula is C38H76N2O4. The van der Waals surface area contributed by atoms with E-state index < -0.39 is 0 Å².